The molecule has 17 heavy (non-hydrogen) atoms. The fourth-order valence-electron chi connectivity index (χ4n) is 1.39. The van der Waals surface area contributed by atoms with Crippen molar-refractivity contribution >= 4 is 17.3 Å². The number of hydrogen-bond acceptors (Lipinski definition) is 4. The van der Waals surface area contributed by atoms with E-state index in [4.69, 9.17) is 15.2 Å². The summed E-state index contributed by atoms with van der Waals surface area (Å²) in [4.78, 5) is 11.5. The van der Waals surface area contributed by atoms with Crippen molar-refractivity contribution < 1.29 is 14.3 Å². The van der Waals surface area contributed by atoms with E-state index in [2.05, 4.69) is 5.32 Å². The smallest absolute Gasteiger partial charge is 0.224 e. The van der Waals surface area contributed by atoms with E-state index in [-0.39, 0.29) is 5.91 Å². The highest BCUT2D eigenvalue weighted by Crippen LogP contribution is 2.24. The molecule has 0 bridgehead atoms. The van der Waals surface area contributed by atoms with Gasteiger partial charge in [-0.15, -0.1) is 0 Å². The molecule has 5 nitrogen and oxygen atoms in total. The maximum atomic E-state index is 11.5. The lowest BCUT2D eigenvalue weighted by Gasteiger charge is -2.08. The standard InChI is InChI=1S/C12H18N2O3/c1-16-7-3-4-12(15)14-9-5-6-10(13)11(8-9)17-2/h5-6,8H,3-4,7,13H2,1-2H3,(H,14,15). The van der Waals surface area contributed by atoms with Crippen LogP contribution in [0.2, 0.25) is 0 Å². The lowest BCUT2D eigenvalue weighted by Crippen LogP contribution is -2.12. The van der Waals surface area contributed by atoms with Crippen LogP contribution in [0.25, 0.3) is 0 Å². The number of carbonyl (C=O) groups is 1. The Bertz CT molecular complexity index is 380. The average Bonchev–Trinajstić information content (AvgIpc) is 2.32. The van der Waals surface area contributed by atoms with Gasteiger partial charge in [0.15, 0.2) is 0 Å². The normalized spacial score (nSPS) is 10.0. The van der Waals surface area contributed by atoms with Gasteiger partial charge >= 0.3 is 0 Å². The molecule has 0 heterocycles. The van der Waals surface area contributed by atoms with Crippen LogP contribution in [0.1, 0.15) is 12.8 Å². The molecule has 5 heteroatoms. The third kappa shape index (κ3) is 4.32. The molecule has 0 radical (unpaired) electrons. The summed E-state index contributed by atoms with van der Waals surface area (Å²) in [6, 6.07) is 5.14. The van der Waals surface area contributed by atoms with Crippen LogP contribution >= 0.6 is 0 Å². The van der Waals surface area contributed by atoms with Crippen molar-refractivity contribution in [1.29, 1.82) is 0 Å². The highest BCUT2D eigenvalue weighted by molar-refractivity contribution is 5.91. The van der Waals surface area contributed by atoms with Gasteiger partial charge in [-0.05, 0) is 18.6 Å². The van der Waals surface area contributed by atoms with Gasteiger partial charge in [0, 0.05) is 31.9 Å². The van der Waals surface area contributed by atoms with Crippen molar-refractivity contribution in [3.8, 4) is 5.75 Å². The predicted molar refractivity (Wildman–Crippen MR) is 67.1 cm³/mol. The van der Waals surface area contributed by atoms with Gasteiger partial charge in [0.2, 0.25) is 5.91 Å². The van der Waals surface area contributed by atoms with Gasteiger partial charge in [0.05, 0.1) is 12.8 Å². The fourth-order valence-corrected chi connectivity index (χ4v) is 1.39. The zero-order valence-electron chi connectivity index (χ0n) is 10.2. The molecule has 1 aromatic rings. The van der Waals surface area contributed by atoms with Crippen molar-refractivity contribution in [2.24, 2.45) is 0 Å². The lowest BCUT2D eigenvalue weighted by atomic mass is 10.2. The van der Waals surface area contributed by atoms with Crippen LogP contribution in [0.5, 0.6) is 5.75 Å². The second kappa shape index (κ2) is 6.75. The van der Waals surface area contributed by atoms with Crippen LogP contribution in [0.4, 0.5) is 11.4 Å². The van der Waals surface area contributed by atoms with Gasteiger partial charge in [0.25, 0.3) is 0 Å². The second-order valence-electron chi connectivity index (χ2n) is 3.60. The number of rotatable bonds is 6. The van der Waals surface area contributed by atoms with E-state index in [9.17, 15) is 4.79 Å². The molecule has 0 aliphatic heterocycles. The number of ether oxygens (including phenoxy) is 2. The Balaban J connectivity index is 2.53. The minimum Gasteiger partial charge on any atom is -0.495 e. The maximum Gasteiger partial charge on any atom is 0.224 e. The number of benzene rings is 1. The molecule has 94 valence electrons. The van der Waals surface area contributed by atoms with Crippen LogP contribution in [0.15, 0.2) is 18.2 Å². The van der Waals surface area contributed by atoms with Crippen LogP contribution in [-0.4, -0.2) is 26.7 Å². The van der Waals surface area contributed by atoms with Gasteiger partial charge in [-0.1, -0.05) is 0 Å². The van der Waals surface area contributed by atoms with E-state index < -0.39 is 0 Å². The molecule has 3 N–H and O–H groups in total. The number of carbonyl (C=O) groups excluding carboxylic acids is 1. The van der Waals surface area contributed by atoms with E-state index in [0.29, 0.717) is 36.6 Å². The molecule has 0 saturated carbocycles. The number of nitrogen functional groups attached to an aromatic ring is 1. The van der Waals surface area contributed by atoms with Gasteiger partial charge in [-0.25, -0.2) is 0 Å². The van der Waals surface area contributed by atoms with Crippen LogP contribution in [0, 0.1) is 0 Å². The maximum absolute atomic E-state index is 11.5. The Kier molecular flexibility index (Phi) is 5.29. The number of nitrogens with two attached hydrogens (primary N) is 1. The summed E-state index contributed by atoms with van der Waals surface area (Å²) in [7, 11) is 3.15. The molecule has 0 aliphatic carbocycles. The number of amides is 1. The molecule has 1 amide bonds. The van der Waals surface area contributed by atoms with Gasteiger partial charge in [-0.2, -0.15) is 0 Å². The molecule has 1 rings (SSSR count). The highest BCUT2D eigenvalue weighted by Gasteiger charge is 2.05. The molecule has 0 fully saturated rings. The highest BCUT2D eigenvalue weighted by atomic mass is 16.5. The zero-order valence-corrected chi connectivity index (χ0v) is 10.2. The average molecular weight is 238 g/mol. The first-order chi connectivity index (χ1) is 8.17. The topological polar surface area (TPSA) is 73.6 Å². The Morgan fingerprint density at radius 2 is 2.18 bits per heavy atom. The molecule has 0 unspecified atom stereocenters. The van der Waals surface area contributed by atoms with E-state index in [1.807, 2.05) is 0 Å². The molecular formula is C12H18N2O3. The summed E-state index contributed by atoms with van der Waals surface area (Å²) in [5.41, 5.74) is 6.90. The van der Waals surface area contributed by atoms with Crippen LogP contribution < -0.4 is 15.8 Å². The van der Waals surface area contributed by atoms with E-state index in [1.165, 1.54) is 7.11 Å². The SMILES string of the molecule is COCCCC(=O)Nc1ccc(N)c(OC)c1. The second-order valence-corrected chi connectivity index (χ2v) is 3.60. The number of hydrogen-bond donors (Lipinski definition) is 2. The molecule has 0 atom stereocenters. The Morgan fingerprint density at radius 1 is 1.41 bits per heavy atom. The predicted octanol–water partition coefficient (Wildman–Crippen LogP) is 1.64. The first-order valence-electron chi connectivity index (χ1n) is 5.39. The van der Waals surface area contributed by atoms with Crippen molar-refractivity contribution in [2.45, 2.75) is 12.8 Å². The summed E-state index contributed by atoms with van der Waals surface area (Å²) in [5.74, 6) is 0.508. The molecular weight excluding hydrogens is 220 g/mol. The Morgan fingerprint density at radius 3 is 2.82 bits per heavy atom. The van der Waals surface area contributed by atoms with Gasteiger partial charge in [-0.3, -0.25) is 4.79 Å². The Labute approximate surface area is 101 Å². The minimum atomic E-state index is -0.0473. The lowest BCUT2D eigenvalue weighted by molar-refractivity contribution is -0.116. The third-order valence-corrected chi connectivity index (χ3v) is 2.27. The monoisotopic (exact) mass is 238 g/mol. The zero-order chi connectivity index (χ0) is 12.7. The molecule has 1 aromatic carbocycles. The first kappa shape index (κ1) is 13.3. The van der Waals surface area contributed by atoms with Gasteiger partial charge < -0.3 is 20.5 Å². The molecule has 0 spiro atoms. The summed E-state index contributed by atoms with van der Waals surface area (Å²) in [5, 5.41) is 2.77. The summed E-state index contributed by atoms with van der Waals surface area (Å²) in [6.07, 6.45) is 1.13. The first-order valence-corrected chi connectivity index (χ1v) is 5.39. The van der Waals surface area contributed by atoms with E-state index in [1.54, 1.807) is 25.3 Å². The number of methoxy groups -OCH3 is 2. The summed E-state index contributed by atoms with van der Waals surface area (Å²) >= 11 is 0. The van der Waals surface area contributed by atoms with Gasteiger partial charge in [0.1, 0.15) is 5.75 Å². The third-order valence-electron chi connectivity index (χ3n) is 2.27. The Hall–Kier alpha value is -1.75. The largest absolute Gasteiger partial charge is 0.495 e. The van der Waals surface area contributed by atoms with Crippen molar-refractivity contribution in [1.82, 2.24) is 0 Å². The summed E-state index contributed by atoms with van der Waals surface area (Å²) < 4.78 is 9.95. The van der Waals surface area contributed by atoms with Crippen molar-refractivity contribution in [2.75, 3.05) is 31.9 Å². The number of anilines is 2. The number of nitrogens with one attached hydrogen (secondary N) is 1. The molecule has 0 saturated heterocycles. The molecule has 0 aromatic heterocycles. The van der Waals surface area contributed by atoms with Crippen molar-refractivity contribution in [3.05, 3.63) is 18.2 Å². The van der Waals surface area contributed by atoms with Crippen LogP contribution in [0.3, 0.4) is 0 Å². The van der Waals surface area contributed by atoms with E-state index >= 15 is 0 Å². The molecule has 0 aliphatic rings. The minimum absolute atomic E-state index is 0.0473. The summed E-state index contributed by atoms with van der Waals surface area (Å²) in [6.45, 7) is 0.582. The van der Waals surface area contributed by atoms with Crippen LogP contribution in [-0.2, 0) is 9.53 Å². The van der Waals surface area contributed by atoms with Crippen molar-refractivity contribution in [3.63, 3.8) is 0 Å². The fraction of sp³-hybridized carbons (Fsp3) is 0.417. The van der Waals surface area contributed by atoms with E-state index in [0.717, 1.165) is 0 Å². The quantitative estimate of drug-likeness (QED) is 0.583.